The first-order valence-electron chi connectivity index (χ1n) is 5.80. The van der Waals surface area contributed by atoms with Crippen LogP contribution in [0.2, 0.25) is 0 Å². The van der Waals surface area contributed by atoms with E-state index in [-0.39, 0.29) is 30.1 Å². The van der Waals surface area contributed by atoms with Crippen molar-refractivity contribution < 1.29 is 23.1 Å². The molecule has 9 heteroatoms. The summed E-state index contributed by atoms with van der Waals surface area (Å²) in [5.41, 5.74) is -0.00729. The number of carboxylic acid groups (broad SMARTS) is 1. The van der Waals surface area contributed by atoms with Gasteiger partial charge in [0.1, 0.15) is 5.69 Å². The summed E-state index contributed by atoms with van der Waals surface area (Å²) in [6.07, 6.45) is 1.06. The van der Waals surface area contributed by atoms with Gasteiger partial charge in [-0.05, 0) is 12.1 Å². The Morgan fingerprint density at radius 1 is 1.35 bits per heavy atom. The van der Waals surface area contributed by atoms with Crippen LogP contribution in [0.3, 0.4) is 0 Å². The Morgan fingerprint density at radius 2 is 2.05 bits per heavy atom. The van der Waals surface area contributed by atoms with E-state index >= 15 is 0 Å². The van der Waals surface area contributed by atoms with E-state index in [1.165, 1.54) is 12.1 Å². The van der Waals surface area contributed by atoms with Gasteiger partial charge in [0.05, 0.1) is 11.3 Å². The molecule has 0 atom stereocenters. The van der Waals surface area contributed by atoms with E-state index < -0.39 is 21.9 Å². The minimum absolute atomic E-state index is 0.0239. The highest BCUT2D eigenvalue weighted by atomic mass is 32.2. The highest BCUT2D eigenvalue weighted by Crippen LogP contribution is 2.00. The van der Waals surface area contributed by atoms with Crippen LogP contribution in [0.1, 0.15) is 27.8 Å². The van der Waals surface area contributed by atoms with Crippen molar-refractivity contribution in [1.82, 2.24) is 15.0 Å². The number of aromatic carboxylic acids is 1. The first kappa shape index (κ1) is 16.1. The summed E-state index contributed by atoms with van der Waals surface area (Å²) in [4.78, 5) is 25.9. The molecule has 1 heterocycles. The molecule has 1 aromatic rings. The van der Waals surface area contributed by atoms with Gasteiger partial charge in [-0.25, -0.2) is 17.9 Å². The maximum atomic E-state index is 11.6. The van der Waals surface area contributed by atoms with E-state index in [9.17, 15) is 18.0 Å². The molecular weight excluding hydrogens is 286 g/mol. The number of carbonyl (C=O) groups excluding carboxylic acids is 1. The molecule has 0 aliphatic rings. The first-order chi connectivity index (χ1) is 9.35. The zero-order valence-electron chi connectivity index (χ0n) is 10.8. The normalized spacial score (nSPS) is 11.1. The number of rotatable bonds is 7. The van der Waals surface area contributed by atoms with Gasteiger partial charge in [0.15, 0.2) is 0 Å². The molecule has 0 unspecified atom stereocenters. The van der Waals surface area contributed by atoms with Crippen molar-refractivity contribution in [1.29, 1.82) is 0 Å². The minimum Gasteiger partial charge on any atom is -0.478 e. The molecule has 110 valence electrons. The second-order valence-corrected chi connectivity index (χ2v) is 5.74. The number of nitrogens with one attached hydrogen (secondary N) is 2. The number of nitrogens with zero attached hydrogens (tertiary/aromatic N) is 1. The largest absolute Gasteiger partial charge is 0.478 e. The third-order valence-corrected chi connectivity index (χ3v) is 3.73. The van der Waals surface area contributed by atoms with Gasteiger partial charge >= 0.3 is 5.97 Å². The molecule has 0 fully saturated rings. The maximum absolute atomic E-state index is 11.6. The van der Waals surface area contributed by atoms with Crippen molar-refractivity contribution in [2.75, 3.05) is 18.8 Å². The van der Waals surface area contributed by atoms with Gasteiger partial charge < -0.3 is 10.4 Å². The predicted molar refractivity (Wildman–Crippen MR) is 71.0 cm³/mol. The van der Waals surface area contributed by atoms with Gasteiger partial charge in [-0.2, -0.15) is 0 Å². The molecule has 1 rings (SSSR count). The highest BCUT2D eigenvalue weighted by molar-refractivity contribution is 7.89. The first-order valence-corrected chi connectivity index (χ1v) is 7.46. The molecule has 0 spiro atoms. The van der Waals surface area contributed by atoms with Gasteiger partial charge in [0.25, 0.3) is 5.91 Å². The molecule has 0 radical (unpaired) electrons. The fourth-order valence-corrected chi connectivity index (χ4v) is 2.29. The van der Waals surface area contributed by atoms with E-state index in [4.69, 9.17) is 5.11 Å². The topological polar surface area (TPSA) is 125 Å². The van der Waals surface area contributed by atoms with Crippen molar-refractivity contribution in [2.45, 2.75) is 6.92 Å². The molecule has 0 saturated carbocycles. The number of hydrogen-bond donors (Lipinski definition) is 3. The van der Waals surface area contributed by atoms with Gasteiger partial charge in [0.2, 0.25) is 10.0 Å². The average molecular weight is 301 g/mol. The summed E-state index contributed by atoms with van der Waals surface area (Å²) < 4.78 is 24.9. The smallest absolute Gasteiger partial charge is 0.337 e. The van der Waals surface area contributed by atoms with Gasteiger partial charge in [-0.1, -0.05) is 6.92 Å². The number of carboxylic acids is 1. The van der Waals surface area contributed by atoms with Crippen LogP contribution in [-0.2, 0) is 10.0 Å². The van der Waals surface area contributed by atoms with E-state index in [1.54, 1.807) is 6.92 Å². The second-order valence-electron chi connectivity index (χ2n) is 3.81. The average Bonchev–Trinajstić information content (AvgIpc) is 2.38. The van der Waals surface area contributed by atoms with Crippen molar-refractivity contribution in [2.24, 2.45) is 0 Å². The number of carbonyl (C=O) groups is 2. The fraction of sp³-hybridized carbons (Fsp3) is 0.364. The van der Waals surface area contributed by atoms with Crippen LogP contribution in [0.15, 0.2) is 18.3 Å². The summed E-state index contributed by atoms with van der Waals surface area (Å²) in [5.74, 6) is -1.94. The molecule has 1 aromatic heterocycles. The Hall–Kier alpha value is -2.00. The van der Waals surface area contributed by atoms with Crippen molar-refractivity contribution >= 4 is 21.9 Å². The second kappa shape index (κ2) is 6.96. The zero-order valence-corrected chi connectivity index (χ0v) is 11.6. The molecule has 0 aliphatic heterocycles. The van der Waals surface area contributed by atoms with Crippen LogP contribution in [-0.4, -0.2) is 49.2 Å². The van der Waals surface area contributed by atoms with Crippen LogP contribution in [0.4, 0.5) is 0 Å². The van der Waals surface area contributed by atoms with Crippen LogP contribution in [0.5, 0.6) is 0 Å². The van der Waals surface area contributed by atoms with Crippen molar-refractivity contribution in [3.63, 3.8) is 0 Å². The van der Waals surface area contributed by atoms with E-state index in [1.807, 2.05) is 0 Å². The van der Waals surface area contributed by atoms with Gasteiger partial charge in [-0.3, -0.25) is 9.78 Å². The number of sulfonamides is 1. The number of hydrogen-bond acceptors (Lipinski definition) is 5. The van der Waals surface area contributed by atoms with Crippen molar-refractivity contribution in [3.05, 3.63) is 29.6 Å². The van der Waals surface area contributed by atoms with Crippen LogP contribution < -0.4 is 10.0 Å². The summed E-state index contributed by atoms with van der Waals surface area (Å²) in [7, 11) is -3.39. The molecular formula is C11H15N3O5S. The zero-order chi connectivity index (χ0) is 15.2. The fourth-order valence-electron chi connectivity index (χ4n) is 1.34. The van der Waals surface area contributed by atoms with E-state index in [0.29, 0.717) is 0 Å². The van der Waals surface area contributed by atoms with Crippen molar-refractivity contribution in [3.8, 4) is 0 Å². The molecule has 0 aliphatic carbocycles. The quantitative estimate of drug-likeness (QED) is 0.620. The Morgan fingerprint density at radius 3 is 2.55 bits per heavy atom. The van der Waals surface area contributed by atoms with Crippen LogP contribution in [0, 0.1) is 0 Å². The summed E-state index contributed by atoms with van der Waals surface area (Å²) in [6, 6.07) is 2.51. The van der Waals surface area contributed by atoms with Crippen LogP contribution >= 0.6 is 0 Å². The summed E-state index contributed by atoms with van der Waals surface area (Å²) >= 11 is 0. The highest BCUT2D eigenvalue weighted by Gasteiger charge is 2.12. The SMILES string of the molecule is CCNS(=O)(=O)CCNC(=O)c1ccc(C(=O)O)cn1. The molecule has 1 amide bonds. The third kappa shape index (κ3) is 4.94. The lowest BCUT2D eigenvalue weighted by atomic mass is 10.2. The summed E-state index contributed by atoms with van der Waals surface area (Å²) in [5, 5.41) is 11.1. The Balaban J connectivity index is 2.53. The standard InChI is InChI=1S/C11H15N3O5S/c1-2-14-20(18,19)6-5-12-10(15)9-4-3-8(7-13-9)11(16)17/h3-4,7,14H,2,5-6H2,1H3,(H,12,15)(H,16,17). The third-order valence-electron chi connectivity index (χ3n) is 2.26. The Kier molecular flexibility index (Phi) is 5.59. The summed E-state index contributed by atoms with van der Waals surface area (Å²) in [6.45, 7) is 1.88. The molecule has 0 aromatic carbocycles. The van der Waals surface area contributed by atoms with E-state index in [0.717, 1.165) is 6.20 Å². The lowest BCUT2D eigenvalue weighted by Gasteiger charge is -2.06. The number of amides is 1. The lowest BCUT2D eigenvalue weighted by molar-refractivity contribution is 0.0695. The minimum atomic E-state index is -3.39. The van der Waals surface area contributed by atoms with Gasteiger partial charge in [0, 0.05) is 19.3 Å². The number of aromatic nitrogens is 1. The molecule has 20 heavy (non-hydrogen) atoms. The predicted octanol–water partition coefficient (Wildman–Crippen LogP) is -0.551. The molecule has 0 saturated heterocycles. The lowest BCUT2D eigenvalue weighted by Crippen LogP contribution is -2.34. The van der Waals surface area contributed by atoms with Crippen LogP contribution in [0.25, 0.3) is 0 Å². The molecule has 0 bridgehead atoms. The van der Waals surface area contributed by atoms with Gasteiger partial charge in [-0.15, -0.1) is 0 Å². The maximum Gasteiger partial charge on any atom is 0.337 e. The van der Waals surface area contributed by atoms with E-state index in [2.05, 4.69) is 15.0 Å². The number of pyridine rings is 1. The molecule has 3 N–H and O–H groups in total. The Bertz CT molecular complexity index is 583. The Labute approximate surface area is 116 Å². The molecule has 8 nitrogen and oxygen atoms in total. The monoisotopic (exact) mass is 301 g/mol.